The summed E-state index contributed by atoms with van der Waals surface area (Å²) in [5, 5.41) is 5.34. The maximum absolute atomic E-state index is 11.5. The summed E-state index contributed by atoms with van der Waals surface area (Å²) in [5.74, 6) is 0.0878. The Morgan fingerprint density at radius 3 is 2.53 bits per heavy atom. The monoisotopic (exact) mass is 371 g/mol. The van der Waals surface area contributed by atoms with Gasteiger partial charge in [-0.2, -0.15) is 0 Å². The molecular formula is C11H15BrClNO4S. The van der Waals surface area contributed by atoms with Crippen molar-refractivity contribution in [3.05, 3.63) is 21.6 Å². The van der Waals surface area contributed by atoms with Crippen molar-refractivity contribution in [3.63, 3.8) is 0 Å². The van der Waals surface area contributed by atoms with E-state index in [1.807, 2.05) is 0 Å². The van der Waals surface area contributed by atoms with Gasteiger partial charge >= 0.3 is 0 Å². The first-order valence-corrected chi connectivity index (χ1v) is 8.21. The van der Waals surface area contributed by atoms with E-state index >= 15 is 0 Å². The lowest BCUT2D eigenvalue weighted by atomic mass is 10.3. The third-order valence-electron chi connectivity index (χ3n) is 2.27. The molecule has 1 aromatic carbocycles. The van der Waals surface area contributed by atoms with Crippen LogP contribution in [0.25, 0.3) is 0 Å². The van der Waals surface area contributed by atoms with Gasteiger partial charge in [0.1, 0.15) is 4.90 Å². The smallest absolute Gasteiger partial charge is 0.241 e. The van der Waals surface area contributed by atoms with E-state index in [0.717, 1.165) is 12.8 Å². The van der Waals surface area contributed by atoms with E-state index in [1.54, 1.807) is 13.2 Å². The fourth-order valence-corrected chi connectivity index (χ4v) is 3.20. The van der Waals surface area contributed by atoms with Gasteiger partial charge in [0.25, 0.3) is 0 Å². The molecule has 0 amide bonds. The van der Waals surface area contributed by atoms with Crippen LogP contribution in [0.1, 0.15) is 12.8 Å². The molecule has 0 bridgehead atoms. The number of sulfonamides is 1. The number of primary sulfonamides is 1. The van der Waals surface area contributed by atoms with E-state index in [1.165, 1.54) is 6.07 Å². The number of ether oxygens (including phenoxy) is 2. The van der Waals surface area contributed by atoms with Crippen LogP contribution in [0.3, 0.4) is 0 Å². The van der Waals surface area contributed by atoms with Crippen LogP contribution in [0.2, 0.25) is 5.02 Å². The Kier molecular flexibility index (Phi) is 6.55. The molecule has 0 aliphatic heterocycles. The van der Waals surface area contributed by atoms with Crippen LogP contribution in [0.4, 0.5) is 0 Å². The normalized spacial score (nSPS) is 11.6. The summed E-state index contributed by atoms with van der Waals surface area (Å²) < 4.78 is 33.8. The standard InChI is InChI=1S/C11H15BrClNO4S/c1-17-4-2-3-5-18-11-9(13)6-8(12)7-10(11)19(14,15)16/h6-7H,2-5H2,1H3,(H2,14,15,16). The molecule has 0 aliphatic rings. The van der Waals surface area contributed by atoms with E-state index in [0.29, 0.717) is 17.7 Å². The molecule has 0 spiro atoms. The lowest BCUT2D eigenvalue weighted by Crippen LogP contribution is -2.14. The average Bonchev–Trinajstić information content (AvgIpc) is 2.29. The molecule has 0 radical (unpaired) electrons. The van der Waals surface area contributed by atoms with Crippen LogP contribution >= 0.6 is 27.5 Å². The molecule has 0 atom stereocenters. The SMILES string of the molecule is COCCCCOc1c(Cl)cc(Br)cc1S(N)(=O)=O. The lowest BCUT2D eigenvalue weighted by molar-refractivity contribution is 0.183. The molecule has 2 N–H and O–H groups in total. The van der Waals surface area contributed by atoms with Crippen molar-refractivity contribution in [3.8, 4) is 5.75 Å². The molecule has 0 unspecified atom stereocenters. The first-order chi connectivity index (χ1) is 8.86. The summed E-state index contributed by atoms with van der Waals surface area (Å²) in [5.41, 5.74) is 0. The molecule has 0 heterocycles. The predicted molar refractivity (Wildman–Crippen MR) is 77.1 cm³/mol. The third-order valence-corrected chi connectivity index (χ3v) is 3.92. The zero-order chi connectivity index (χ0) is 14.5. The highest BCUT2D eigenvalue weighted by Gasteiger charge is 2.19. The Morgan fingerprint density at radius 1 is 1.32 bits per heavy atom. The number of nitrogens with two attached hydrogens (primary N) is 1. The molecule has 1 aromatic rings. The van der Waals surface area contributed by atoms with Gasteiger partial charge < -0.3 is 9.47 Å². The van der Waals surface area contributed by atoms with Crippen LogP contribution < -0.4 is 9.88 Å². The van der Waals surface area contributed by atoms with Crippen LogP contribution in [-0.2, 0) is 14.8 Å². The topological polar surface area (TPSA) is 78.6 Å². The van der Waals surface area contributed by atoms with Crippen LogP contribution in [0, 0.1) is 0 Å². The zero-order valence-electron chi connectivity index (χ0n) is 10.4. The molecule has 8 heteroatoms. The average molecular weight is 373 g/mol. The van der Waals surface area contributed by atoms with E-state index < -0.39 is 10.0 Å². The van der Waals surface area contributed by atoms with Crippen LogP contribution in [0.15, 0.2) is 21.5 Å². The number of methoxy groups -OCH3 is 1. The highest BCUT2D eigenvalue weighted by molar-refractivity contribution is 9.10. The maximum Gasteiger partial charge on any atom is 0.241 e. The fourth-order valence-electron chi connectivity index (χ4n) is 1.41. The molecule has 0 saturated carbocycles. The van der Waals surface area contributed by atoms with Crippen molar-refractivity contribution in [2.75, 3.05) is 20.3 Å². The number of hydrogen-bond donors (Lipinski definition) is 1. The van der Waals surface area contributed by atoms with E-state index in [9.17, 15) is 8.42 Å². The molecule has 108 valence electrons. The lowest BCUT2D eigenvalue weighted by Gasteiger charge is -2.12. The molecule has 19 heavy (non-hydrogen) atoms. The first-order valence-electron chi connectivity index (χ1n) is 5.50. The number of hydrogen-bond acceptors (Lipinski definition) is 4. The number of halogens is 2. The summed E-state index contributed by atoms with van der Waals surface area (Å²) in [7, 11) is -2.27. The fraction of sp³-hybridized carbons (Fsp3) is 0.455. The van der Waals surface area contributed by atoms with Gasteiger partial charge in [-0.3, -0.25) is 0 Å². The van der Waals surface area contributed by atoms with E-state index in [-0.39, 0.29) is 15.7 Å². The zero-order valence-corrected chi connectivity index (χ0v) is 13.5. The van der Waals surface area contributed by atoms with Gasteiger partial charge in [-0.05, 0) is 25.0 Å². The van der Waals surface area contributed by atoms with Gasteiger partial charge in [0.15, 0.2) is 5.75 Å². The molecule has 0 aromatic heterocycles. The van der Waals surface area contributed by atoms with Gasteiger partial charge in [-0.15, -0.1) is 0 Å². The van der Waals surface area contributed by atoms with Crippen LogP contribution in [0.5, 0.6) is 5.75 Å². The predicted octanol–water partition coefficient (Wildman–Crippen LogP) is 2.56. The Morgan fingerprint density at radius 2 is 1.95 bits per heavy atom. The summed E-state index contributed by atoms with van der Waals surface area (Å²) in [6.45, 7) is 0.965. The Labute approximate surface area is 126 Å². The highest BCUT2D eigenvalue weighted by Crippen LogP contribution is 2.35. The molecule has 0 saturated heterocycles. The van der Waals surface area contributed by atoms with Gasteiger partial charge in [0.2, 0.25) is 10.0 Å². The van der Waals surface area contributed by atoms with Crippen molar-refractivity contribution in [1.82, 2.24) is 0 Å². The Hall–Kier alpha value is -0.340. The molecular weight excluding hydrogens is 358 g/mol. The minimum absolute atomic E-state index is 0.0878. The minimum Gasteiger partial charge on any atom is -0.491 e. The third kappa shape index (κ3) is 5.27. The Bertz CT molecular complexity index is 536. The van der Waals surface area contributed by atoms with Gasteiger partial charge in [-0.25, -0.2) is 13.6 Å². The highest BCUT2D eigenvalue weighted by atomic mass is 79.9. The second-order valence-electron chi connectivity index (χ2n) is 3.81. The quantitative estimate of drug-likeness (QED) is 0.746. The van der Waals surface area contributed by atoms with Crippen molar-refractivity contribution >= 4 is 37.6 Å². The van der Waals surface area contributed by atoms with Crippen molar-refractivity contribution in [2.45, 2.75) is 17.7 Å². The molecule has 0 fully saturated rings. The molecule has 5 nitrogen and oxygen atoms in total. The largest absolute Gasteiger partial charge is 0.491 e. The molecule has 0 aliphatic carbocycles. The minimum atomic E-state index is -3.89. The van der Waals surface area contributed by atoms with Gasteiger partial charge in [0, 0.05) is 18.2 Å². The second-order valence-corrected chi connectivity index (χ2v) is 6.66. The maximum atomic E-state index is 11.5. The van der Waals surface area contributed by atoms with Gasteiger partial charge in [-0.1, -0.05) is 27.5 Å². The van der Waals surface area contributed by atoms with Crippen LogP contribution in [-0.4, -0.2) is 28.7 Å². The van der Waals surface area contributed by atoms with E-state index in [4.69, 9.17) is 26.2 Å². The van der Waals surface area contributed by atoms with Gasteiger partial charge in [0.05, 0.1) is 11.6 Å². The Balaban J connectivity index is 2.87. The van der Waals surface area contributed by atoms with Crippen molar-refractivity contribution in [1.29, 1.82) is 0 Å². The molecule has 1 rings (SSSR count). The number of rotatable bonds is 7. The van der Waals surface area contributed by atoms with Crippen molar-refractivity contribution < 1.29 is 17.9 Å². The summed E-state index contributed by atoms with van der Waals surface area (Å²) in [6.07, 6.45) is 1.54. The van der Waals surface area contributed by atoms with Crippen molar-refractivity contribution in [2.24, 2.45) is 5.14 Å². The summed E-state index contributed by atoms with van der Waals surface area (Å²) in [6, 6.07) is 2.92. The van der Waals surface area contributed by atoms with E-state index in [2.05, 4.69) is 15.9 Å². The first kappa shape index (κ1) is 16.7. The summed E-state index contributed by atoms with van der Waals surface area (Å²) >= 11 is 9.15. The summed E-state index contributed by atoms with van der Waals surface area (Å²) in [4.78, 5) is -0.126. The number of unbranched alkanes of at least 4 members (excludes halogenated alkanes) is 1. The second kappa shape index (κ2) is 7.44. The number of benzene rings is 1.